The molecule has 0 atom stereocenters. The van der Waals surface area contributed by atoms with E-state index in [4.69, 9.17) is 0 Å². The van der Waals surface area contributed by atoms with Gasteiger partial charge in [-0.3, -0.25) is 0 Å². The van der Waals surface area contributed by atoms with Crippen LogP contribution in [-0.4, -0.2) is 0 Å². The van der Waals surface area contributed by atoms with E-state index in [2.05, 4.69) is 121 Å². The number of fused-ring (bicyclic) bond motifs is 2. The van der Waals surface area contributed by atoms with Gasteiger partial charge in [0.05, 0.1) is 0 Å². The molecular weight excluding hydrogens is 360 g/mol. The quantitative estimate of drug-likeness (QED) is 0.331. The molecule has 0 unspecified atom stereocenters. The van der Waals surface area contributed by atoms with E-state index in [1.54, 1.807) is 0 Å². The maximum Gasteiger partial charge on any atom is -0.00880 e. The number of hydrogen-bond donors (Lipinski definition) is 0. The highest BCUT2D eigenvalue weighted by Crippen LogP contribution is 2.15. The minimum atomic E-state index is 0.932. The van der Waals surface area contributed by atoms with Crippen LogP contribution < -0.4 is 10.4 Å². The Labute approximate surface area is 177 Å². The molecule has 0 fully saturated rings. The fourth-order valence-electron chi connectivity index (χ4n) is 4.30. The molecule has 0 saturated carbocycles. The van der Waals surface area contributed by atoms with Crippen molar-refractivity contribution in [2.24, 2.45) is 0 Å². The molecule has 5 aromatic rings. The lowest BCUT2D eigenvalue weighted by atomic mass is 9.95. The Balaban J connectivity index is 1.76. The Morgan fingerprint density at radius 1 is 0.367 bits per heavy atom. The first-order valence-electron chi connectivity index (χ1n) is 10.6. The predicted octanol–water partition coefficient (Wildman–Crippen LogP) is 6.04. The van der Waals surface area contributed by atoms with Crippen molar-refractivity contribution in [2.75, 3.05) is 0 Å². The summed E-state index contributed by atoms with van der Waals surface area (Å²) in [4.78, 5) is 0. The van der Waals surface area contributed by atoms with Gasteiger partial charge in [0.15, 0.2) is 0 Å². The normalized spacial score (nSPS) is 10.9. The molecule has 0 heterocycles. The van der Waals surface area contributed by atoms with Crippen molar-refractivity contribution in [3.63, 3.8) is 0 Å². The SMILES string of the molecule is C(Cc1ccccc1)=c1c2ccccc2c(=CCc2ccccc2)c2ccccc12. The minimum absolute atomic E-state index is 0.932. The van der Waals surface area contributed by atoms with Crippen molar-refractivity contribution in [3.8, 4) is 0 Å². The van der Waals surface area contributed by atoms with E-state index in [1.807, 2.05) is 0 Å². The Morgan fingerprint density at radius 2 is 0.667 bits per heavy atom. The summed E-state index contributed by atoms with van der Waals surface area (Å²) in [7, 11) is 0. The monoisotopic (exact) mass is 384 g/mol. The van der Waals surface area contributed by atoms with Gasteiger partial charge < -0.3 is 0 Å². The van der Waals surface area contributed by atoms with Crippen LogP contribution in [0.1, 0.15) is 11.1 Å². The Bertz CT molecular complexity index is 1240. The van der Waals surface area contributed by atoms with Crippen LogP contribution in [0.15, 0.2) is 109 Å². The molecule has 0 nitrogen and oxygen atoms in total. The molecule has 0 N–H and O–H groups in total. The first-order valence-corrected chi connectivity index (χ1v) is 10.6. The molecule has 0 amide bonds. The Hall–Kier alpha value is -3.64. The largest absolute Gasteiger partial charge is 0.0716 e. The van der Waals surface area contributed by atoms with Crippen LogP contribution in [-0.2, 0) is 12.8 Å². The Kier molecular flexibility index (Phi) is 5.14. The highest BCUT2D eigenvalue weighted by Gasteiger charge is 2.05. The standard InChI is InChI=1S/C30H24/c1-3-11-23(12-4-1)19-21-29-25-15-7-9-17-27(25)30(28-18-10-8-16-26(28)29)22-20-24-13-5-2-6-14-24/h1-18,21-22H,19-20H2. The summed E-state index contributed by atoms with van der Waals surface area (Å²) in [6.45, 7) is 0. The van der Waals surface area contributed by atoms with Crippen LogP contribution in [0, 0.1) is 0 Å². The predicted molar refractivity (Wildman–Crippen MR) is 130 cm³/mol. The zero-order valence-corrected chi connectivity index (χ0v) is 17.0. The van der Waals surface area contributed by atoms with Crippen LogP contribution in [0.25, 0.3) is 33.7 Å². The molecule has 0 radical (unpaired) electrons. The fraction of sp³-hybridized carbons (Fsp3) is 0.0667. The summed E-state index contributed by atoms with van der Waals surface area (Å²) >= 11 is 0. The summed E-state index contributed by atoms with van der Waals surface area (Å²) in [6, 6.07) is 39.0. The van der Waals surface area contributed by atoms with E-state index in [0.717, 1.165) is 12.8 Å². The molecule has 30 heavy (non-hydrogen) atoms. The second kappa shape index (κ2) is 8.39. The summed E-state index contributed by atoms with van der Waals surface area (Å²) in [6.07, 6.45) is 6.64. The summed E-state index contributed by atoms with van der Waals surface area (Å²) in [5.41, 5.74) is 2.68. The molecule has 0 aromatic heterocycles. The van der Waals surface area contributed by atoms with Gasteiger partial charge in [-0.25, -0.2) is 0 Å². The third-order valence-electron chi connectivity index (χ3n) is 5.78. The molecule has 0 aliphatic carbocycles. The lowest BCUT2D eigenvalue weighted by Crippen LogP contribution is -2.15. The number of rotatable bonds is 4. The van der Waals surface area contributed by atoms with Crippen LogP contribution in [0.4, 0.5) is 0 Å². The average Bonchev–Trinajstić information content (AvgIpc) is 2.82. The van der Waals surface area contributed by atoms with Gasteiger partial charge in [-0.2, -0.15) is 0 Å². The number of hydrogen-bond acceptors (Lipinski definition) is 0. The first-order chi connectivity index (χ1) is 14.9. The molecule has 0 spiro atoms. The summed E-state index contributed by atoms with van der Waals surface area (Å²) in [5.74, 6) is 0. The van der Waals surface area contributed by atoms with Crippen LogP contribution in [0.5, 0.6) is 0 Å². The van der Waals surface area contributed by atoms with E-state index in [-0.39, 0.29) is 0 Å². The van der Waals surface area contributed by atoms with Gasteiger partial charge in [0.1, 0.15) is 0 Å². The van der Waals surface area contributed by atoms with Gasteiger partial charge in [-0.05, 0) is 56.0 Å². The third kappa shape index (κ3) is 3.65. The van der Waals surface area contributed by atoms with Gasteiger partial charge in [0, 0.05) is 0 Å². The van der Waals surface area contributed by atoms with Crippen molar-refractivity contribution in [2.45, 2.75) is 12.8 Å². The molecule has 5 aromatic carbocycles. The van der Waals surface area contributed by atoms with Crippen molar-refractivity contribution in [1.82, 2.24) is 0 Å². The maximum atomic E-state index is 2.39. The maximum absolute atomic E-state index is 2.39. The highest BCUT2D eigenvalue weighted by molar-refractivity contribution is 6.00. The van der Waals surface area contributed by atoms with Crippen LogP contribution in [0.3, 0.4) is 0 Å². The van der Waals surface area contributed by atoms with Gasteiger partial charge in [-0.15, -0.1) is 0 Å². The van der Waals surface area contributed by atoms with Crippen molar-refractivity contribution >= 4 is 33.7 Å². The Morgan fingerprint density at radius 3 is 1.00 bits per heavy atom. The van der Waals surface area contributed by atoms with E-state index in [1.165, 1.54) is 43.1 Å². The third-order valence-corrected chi connectivity index (χ3v) is 5.78. The molecular formula is C30H24. The van der Waals surface area contributed by atoms with Gasteiger partial charge in [-0.1, -0.05) is 121 Å². The lowest BCUT2D eigenvalue weighted by molar-refractivity contribution is 1.33. The van der Waals surface area contributed by atoms with Gasteiger partial charge in [0.25, 0.3) is 0 Å². The van der Waals surface area contributed by atoms with E-state index < -0.39 is 0 Å². The summed E-state index contributed by atoms with van der Waals surface area (Å²) in [5, 5.41) is 7.97. The zero-order valence-electron chi connectivity index (χ0n) is 17.0. The van der Waals surface area contributed by atoms with Crippen LogP contribution >= 0.6 is 0 Å². The molecule has 0 aliphatic rings. The average molecular weight is 385 g/mol. The molecule has 0 heteroatoms. The van der Waals surface area contributed by atoms with Crippen molar-refractivity contribution < 1.29 is 0 Å². The van der Waals surface area contributed by atoms with Crippen molar-refractivity contribution in [1.29, 1.82) is 0 Å². The first kappa shape index (κ1) is 18.4. The highest BCUT2D eigenvalue weighted by atomic mass is 14.1. The smallest absolute Gasteiger partial charge is 0.00880 e. The second-order valence-electron chi connectivity index (χ2n) is 7.71. The second-order valence-corrected chi connectivity index (χ2v) is 7.71. The van der Waals surface area contributed by atoms with Crippen LogP contribution in [0.2, 0.25) is 0 Å². The lowest BCUT2D eigenvalue weighted by Gasteiger charge is -2.08. The van der Waals surface area contributed by atoms with E-state index in [9.17, 15) is 0 Å². The topological polar surface area (TPSA) is 0 Å². The van der Waals surface area contributed by atoms with Gasteiger partial charge in [0.2, 0.25) is 0 Å². The summed E-state index contributed by atoms with van der Waals surface area (Å²) < 4.78 is 0. The van der Waals surface area contributed by atoms with Gasteiger partial charge >= 0.3 is 0 Å². The number of benzene rings is 5. The molecule has 5 rings (SSSR count). The van der Waals surface area contributed by atoms with E-state index in [0.29, 0.717) is 0 Å². The molecule has 0 aliphatic heterocycles. The minimum Gasteiger partial charge on any atom is -0.0716 e. The van der Waals surface area contributed by atoms with E-state index >= 15 is 0 Å². The van der Waals surface area contributed by atoms with Crippen molar-refractivity contribution in [3.05, 3.63) is 131 Å². The fourth-order valence-corrected chi connectivity index (χ4v) is 4.30. The molecule has 144 valence electrons. The zero-order chi connectivity index (χ0) is 20.2. The molecule has 0 bridgehead atoms. The molecule has 0 saturated heterocycles.